The molecule has 1 N–H and O–H groups in total. The Morgan fingerprint density at radius 2 is 2.38 bits per heavy atom. The Hall–Kier alpha value is -0.610. The van der Waals surface area contributed by atoms with Crippen molar-refractivity contribution in [3.63, 3.8) is 0 Å². The number of hydrogen-bond donors (Lipinski definition) is 1. The lowest BCUT2D eigenvalue weighted by atomic mass is 9.80. The van der Waals surface area contributed by atoms with E-state index in [0.29, 0.717) is 11.8 Å². The van der Waals surface area contributed by atoms with Gasteiger partial charge in [-0.25, -0.2) is 0 Å². The smallest absolute Gasteiger partial charge is 0.222 e. The average Bonchev–Trinajstić information content (AvgIpc) is 2.80. The highest BCUT2D eigenvalue weighted by molar-refractivity contribution is 5.77. The van der Waals surface area contributed by atoms with Gasteiger partial charge in [-0.2, -0.15) is 0 Å². The molecule has 0 aromatic rings. The van der Waals surface area contributed by atoms with Crippen LogP contribution >= 0.6 is 0 Å². The van der Waals surface area contributed by atoms with E-state index < -0.39 is 0 Å². The highest BCUT2D eigenvalue weighted by atomic mass is 16.5. The maximum absolute atomic E-state index is 11.5. The standard InChI is InChI=1S/C12H20N2O2/c15-11-2-1-5-14(11)6-3-10-4-7-16-12(10)8-13-9-12/h10,13H,1-9H2/t10-/m1/s1. The molecule has 3 aliphatic rings. The van der Waals surface area contributed by atoms with E-state index in [1.807, 2.05) is 4.90 Å². The molecule has 3 fully saturated rings. The zero-order chi connectivity index (χ0) is 11.0. The second-order valence-corrected chi connectivity index (χ2v) is 5.28. The fraction of sp³-hybridized carbons (Fsp3) is 0.917. The molecule has 3 rings (SSSR count). The Morgan fingerprint density at radius 1 is 1.50 bits per heavy atom. The molecule has 0 aromatic carbocycles. The monoisotopic (exact) mass is 224 g/mol. The fourth-order valence-electron chi connectivity index (χ4n) is 3.21. The van der Waals surface area contributed by atoms with Crippen molar-refractivity contribution >= 4 is 5.91 Å². The van der Waals surface area contributed by atoms with Crippen LogP contribution in [0.5, 0.6) is 0 Å². The van der Waals surface area contributed by atoms with Crippen molar-refractivity contribution in [3.8, 4) is 0 Å². The average molecular weight is 224 g/mol. The molecule has 0 bridgehead atoms. The Balaban J connectivity index is 1.53. The number of nitrogens with one attached hydrogen (secondary N) is 1. The molecule has 4 heteroatoms. The largest absolute Gasteiger partial charge is 0.372 e. The Morgan fingerprint density at radius 3 is 3.00 bits per heavy atom. The fourth-order valence-corrected chi connectivity index (χ4v) is 3.21. The molecule has 0 aromatic heterocycles. The van der Waals surface area contributed by atoms with Crippen molar-refractivity contribution in [1.29, 1.82) is 0 Å². The first kappa shape index (κ1) is 10.5. The van der Waals surface area contributed by atoms with Gasteiger partial charge in [0.25, 0.3) is 0 Å². The lowest BCUT2D eigenvalue weighted by Crippen LogP contribution is -2.62. The summed E-state index contributed by atoms with van der Waals surface area (Å²) in [6.45, 7) is 4.82. The summed E-state index contributed by atoms with van der Waals surface area (Å²) < 4.78 is 5.87. The van der Waals surface area contributed by atoms with Crippen LogP contribution in [0, 0.1) is 5.92 Å². The predicted molar refractivity (Wildman–Crippen MR) is 60.1 cm³/mol. The van der Waals surface area contributed by atoms with Crippen LogP contribution in [-0.4, -0.2) is 49.2 Å². The van der Waals surface area contributed by atoms with Crippen molar-refractivity contribution < 1.29 is 9.53 Å². The molecule has 3 heterocycles. The summed E-state index contributed by atoms with van der Waals surface area (Å²) in [6.07, 6.45) is 4.09. The van der Waals surface area contributed by atoms with Crippen LogP contribution in [0.2, 0.25) is 0 Å². The van der Waals surface area contributed by atoms with Crippen molar-refractivity contribution in [2.45, 2.75) is 31.3 Å². The van der Waals surface area contributed by atoms with Crippen molar-refractivity contribution in [3.05, 3.63) is 0 Å². The number of rotatable bonds is 3. The number of likely N-dealkylation sites (tertiary alicyclic amines) is 1. The maximum Gasteiger partial charge on any atom is 0.222 e. The predicted octanol–water partition coefficient (Wildman–Crippen LogP) is 0.377. The highest BCUT2D eigenvalue weighted by Crippen LogP contribution is 2.37. The molecule has 4 nitrogen and oxygen atoms in total. The van der Waals surface area contributed by atoms with Crippen molar-refractivity contribution in [1.82, 2.24) is 10.2 Å². The molecule has 0 radical (unpaired) electrons. The Bertz CT molecular complexity index is 289. The van der Waals surface area contributed by atoms with E-state index in [2.05, 4.69) is 5.32 Å². The first-order chi connectivity index (χ1) is 7.80. The van der Waals surface area contributed by atoms with Crippen LogP contribution in [0.25, 0.3) is 0 Å². The zero-order valence-corrected chi connectivity index (χ0v) is 9.71. The quantitative estimate of drug-likeness (QED) is 0.753. The number of carbonyl (C=O) groups is 1. The lowest BCUT2D eigenvalue weighted by molar-refractivity contribution is -0.128. The number of ether oxygens (including phenoxy) is 1. The van der Waals surface area contributed by atoms with Gasteiger partial charge in [0.05, 0.1) is 5.60 Å². The van der Waals surface area contributed by atoms with E-state index >= 15 is 0 Å². The summed E-state index contributed by atoms with van der Waals surface area (Å²) in [5, 5.41) is 3.31. The SMILES string of the molecule is O=C1CCCN1CC[C@@H]1CCOC12CNC2. The topological polar surface area (TPSA) is 41.6 Å². The lowest BCUT2D eigenvalue weighted by Gasteiger charge is -2.43. The van der Waals surface area contributed by atoms with Gasteiger partial charge < -0.3 is 15.0 Å². The molecular formula is C12H20N2O2. The molecule has 0 aliphatic carbocycles. The molecule has 1 atom stereocenters. The zero-order valence-electron chi connectivity index (χ0n) is 9.71. The number of hydrogen-bond acceptors (Lipinski definition) is 3. The number of amides is 1. The van der Waals surface area contributed by atoms with Crippen LogP contribution in [0.15, 0.2) is 0 Å². The normalized spacial score (nSPS) is 32.4. The summed E-state index contributed by atoms with van der Waals surface area (Å²) in [4.78, 5) is 13.5. The molecule has 1 spiro atoms. The van der Waals surface area contributed by atoms with E-state index in [9.17, 15) is 4.79 Å². The van der Waals surface area contributed by atoms with Crippen LogP contribution in [0.1, 0.15) is 25.7 Å². The van der Waals surface area contributed by atoms with E-state index in [0.717, 1.165) is 52.0 Å². The molecule has 16 heavy (non-hydrogen) atoms. The van der Waals surface area contributed by atoms with Gasteiger partial charge in [0.15, 0.2) is 0 Å². The van der Waals surface area contributed by atoms with Gasteiger partial charge in [-0.15, -0.1) is 0 Å². The molecule has 3 saturated heterocycles. The molecule has 90 valence electrons. The minimum absolute atomic E-state index is 0.128. The third kappa shape index (κ3) is 1.64. The molecular weight excluding hydrogens is 204 g/mol. The first-order valence-electron chi connectivity index (χ1n) is 6.43. The minimum atomic E-state index is 0.128. The second-order valence-electron chi connectivity index (χ2n) is 5.28. The van der Waals surface area contributed by atoms with E-state index in [-0.39, 0.29) is 5.60 Å². The molecule has 3 aliphatic heterocycles. The summed E-state index contributed by atoms with van der Waals surface area (Å²) in [5.74, 6) is 1.00. The van der Waals surface area contributed by atoms with E-state index in [1.54, 1.807) is 0 Å². The van der Waals surface area contributed by atoms with Gasteiger partial charge in [-0.1, -0.05) is 0 Å². The van der Waals surface area contributed by atoms with Gasteiger partial charge >= 0.3 is 0 Å². The Labute approximate surface area is 96.3 Å². The van der Waals surface area contributed by atoms with Crippen LogP contribution in [0.3, 0.4) is 0 Å². The van der Waals surface area contributed by atoms with Crippen LogP contribution < -0.4 is 5.32 Å². The van der Waals surface area contributed by atoms with Gasteiger partial charge in [-0.3, -0.25) is 4.79 Å². The van der Waals surface area contributed by atoms with Crippen molar-refractivity contribution in [2.24, 2.45) is 5.92 Å². The summed E-state index contributed by atoms with van der Waals surface area (Å²) in [7, 11) is 0. The van der Waals surface area contributed by atoms with Gasteiger partial charge in [0.2, 0.25) is 5.91 Å². The van der Waals surface area contributed by atoms with E-state index in [1.165, 1.54) is 6.42 Å². The van der Waals surface area contributed by atoms with Crippen molar-refractivity contribution in [2.75, 3.05) is 32.8 Å². The van der Waals surface area contributed by atoms with Gasteiger partial charge in [0.1, 0.15) is 0 Å². The van der Waals surface area contributed by atoms with Gasteiger partial charge in [0, 0.05) is 39.2 Å². The highest BCUT2D eigenvalue weighted by Gasteiger charge is 2.48. The third-order valence-electron chi connectivity index (χ3n) is 4.37. The maximum atomic E-state index is 11.5. The number of nitrogens with zero attached hydrogens (tertiary/aromatic N) is 1. The first-order valence-corrected chi connectivity index (χ1v) is 6.43. The minimum Gasteiger partial charge on any atom is -0.372 e. The Kier molecular flexibility index (Phi) is 2.64. The summed E-state index contributed by atoms with van der Waals surface area (Å²) >= 11 is 0. The molecule has 0 saturated carbocycles. The third-order valence-corrected chi connectivity index (χ3v) is 4.37. The summed E-state index contributed by atoms with van der Waals surface area (Å²) in [5.41, 5.74) is 0.128. The molecule has 0 unspecified atom stereocenters. The number of carbonyl (C=O) groups excluding carboxylic acids is 1. The van der Waals surface area contributed by atoms with Crippen LogP contribution in [0.4, 0.5) is 0 Å². The second kappa shape index (κ2) is 4.00. The van der Waals surface area contributed by atoms with Gasteiger partial charge in [-0.05, 0) is 25.2 Å². The summed E-state index contributed by atoms with van der Waals surface area (Å²) in [6, 6.07) is 0. The van der Waals surface area contributed by atoms with Crippen LogP contribution in [-0.2, 0) is 9.53 Å². The van der Waals surface area contributed by atoms with E-state index in [4.69, 9.17) is 4.74 Å². The molecule has 1 amide bonds.